The van der Waals surface area contributed by atoms with Crippen LogP contribution in [0.1, 0.15) is 74.5 Å². The van der Waals surface area contributed by atoms with Gasteiger partial charge in [0.2, 0.25) is 0 Å². The van der Waals surface area contributed by atoms with Gasteiger partial charge < -0.3 is 0 Å². The molecule has 2 unspecified atom stereocenters. The summed E-state index contributed by atoms with van der Waals surface area (Å²) < 4.78 is 51.4. The van der Waals surface area contributed by atoms with Crippen LogP contribution in [-0.2, 0) is 35.4 Å². The molecule has 7 aromatic rings. The fourth-order valence-electron chi connectivity index (χ4n) is 7.51. The highest BCUT2D eigenvalue weighted by Crippen LogP contribution is 2.42. The Labute approximate surface area is 321 Å². The van der Waals surface area contributed by atoms with Gasteiger partial charge in [0.25, 0.3) is 0 Å². The molecule has 0 N–H and O–H groups in total. The Morgan fingerprint density at radius 1 is 0.870 bits per heavy atom. The summed E-state index contributed by atoms with van der Waals surface area (Å²) in [6, 6.07) is 25.9. The number of benzene rings is 4. The minimum atomic E-state index is -1.59. The SMILES string of the molecule is Cc1ccc(S(=O)n2ccc3c4c(c(F)cc32)Sc2ccc(F)c(c2)-c2nc(nn2C)C(C)(c2ccccc2)CCCCC(C)(C)c2cnn(c2)C4)cc1. The maximum Gasteiger partial charge on any atom is 0.161 e. The van der Waals surface area contributed by atoms with Crippen molar-refractivity contribution < 1.29 is 13.0 Å². The van der Waals surface area contributed by atoms with Crippen molar-refractivity contribution in [3.05, 3.63) is 143 Å². The third-order valence-electron chi connectivity index (χ3n) is 10.9. The van der Waals surface area contributed by atoms with Crippen molar-refractivity contribution >= 4 is 33.7 Å². The van der Waals surface area contributed by atoms with Crippen molar-refractivity contribution in [2.75, 3.05) is 0 Å². The number of fused-ring (bicyclic) bond motifs is 10. The molecule has 1 aliphatic rings. The van der Waals surface area contributed by atoms with Crippen molar-refractivity contribution in [2.24, 2.45) is 7.05 Å². The fourth-order valence-corrected chi connectivity index (χ4v) is 9.61. The van der Waals surface area contributed by atoms with Gasteiger partial charge in [-0.3, -0.25) is 8.65 Å². The summed E-state index contributed by atoms with van der Waals surface area (Å²) in [6.07, 6.45) is 9.37. The van der Waals surface area contributed by atoms with E-state index in [2.05, 4.69) is 39.1 Å². The van der Waals surface area contributed by atoms with Gasteiger partial charge in [0.05, 0.1) is 39.0 Å². The number of rotatable bonds is 3. The van der Waals surface area contributed by atoms with Crippen LogP contribution < -0.4 is 0 Å². The van der Waals surface area contributed by atoms with Crippen LogP contribution in [0.5, 0.6) is 0 Å². The first-order valence-electron chi connectivity index (χ1n) is 18.2. The van der Waals surface area contributed by atoms with Crippen LogP contribution in [0.25, 0.3) is 22.3 Å². The van der Waals surface area contributed by atoms with E-state index in [0.717, 1.165) is 47.8 Å². The average Bonchev–Trinajstić information content (AvgIpc) is 3.91. The first-order valence-corrected chi connectivity index (χ1v) is 20.1. The summed E-state index contributed by atoms with van der Waals surface area (Å²) in [5, 5.41) is 10.5. The molecule has 0 fully saturated rings. The lowest BCUT2D eigenvalue weighted by atomic mass is 9.76. The van der Waals surface area contributed by atoms with Crippen LogP contribution in [-0.4, -0.2) is 32.7 Å². The maximum atomic E-state index is 16.6. The summed E-state index contributed by atoms with van der Waals surface area (Å²) in [7, 11) is 0.198. The van der Waals surface area contributed by atoms with Crippen molar-refractivity contribution in [1.29, 1.82) is 0 Å². The van der Waals surface area contributed by atoms with E-state index < -0.39 is 28.0 Å². The lowest BCUT2D eigenvalue weighted by molar-refractivity contribution is 0.407. The van der Waals surface area contributed by atoms with Gasteiger partial charge in [0.1, 0.15) is 11.6 Å². The summed E-state index contributed by atoms with van der Waals surface area (Å²) >= 11 is 1.23. The van der Waals surface area contributed by atoms with Gasteiger partial charge in [0.15, 0.2) is 22.6 Å². The highest BCUT2D eigenvalue weighted by atomic mass is 32.2. The molecule has 3 aromatic heterocycles. The molecule has 276 valence electrons. The van der Waals surface area contributed by atoms with Gasteiger partial charge in [-0.2, -0.15) is 10.2 Å². The average molecular weight is 761 g/mol. The Hall–Kier alpha value is -4.87. The molecule has 4 heterocycles. The normalized spacial score (nSPS) is 18.1. The monoisotopic (exact) mass is 760 g/mol. The molecule has 8 rings (SSSR count). The van der Waals surface area contributed by atoms with E-state index in [9.17, 15) is 4.21 Å². The number of aromatic nitrogens is 6. The molecule has 4 aromatic carbocycles. The predicted molar refractivity (Wildman–Crippen MR) is 211 cm³/mol. The Kier molecular flexibility index (Phi) is 9.42. The minimum absolute atomic E-state index is 0.166. The molecule has 0 saturated carbocycles. The molecule has 2 atom stereocenters. The van der Waals surface area contributed by atoms with E-state index in [0.29, 0.717) is 37.4 Å². The Balaban J connectivity index is 1.28. The number of nitrogens with zero attached hydrogens (tertiary/aromatic N) is 6. The van der Waals surface area contributed by atoms with E-state index in [4.69, 9.17) is 15.2 Å². The van der Waals surface area contributed by atoms with Crippen molar-refractivity contribution in [3.8, 4) is 11.4 Å². The second-order valence-corrected chi connectivity index (χ2v) is 17.6. The summed E-state index contributed by atoms with van der Waals surface area (Å²) in [5.74, 6) is 0.134. The molecule has 54 heavy (non-hydrogen) atoms. The molecule has 0 amide bonds. The highest BCUT2D eigenvalue weighted by Gasteiger charge is 2.35. The molecule has 11 heteroatoms. The summed E-state index contributed by atoms with van der Waals surface area (Å²) in [5.41, 5.74) is 4.10. The van der Waals surface area contributed by atoms with Crippen molar-refractivity contribution in [1.82, 2.24) is 28.5 Å². The van der Waals surface area contributed by atoms with Gasteiger partial charge in [-0.25, -0.2) is 22.7 Å². The zero-order chi connectivity index (χ0) is 37.8. The minimum Gasteiger partial charge on any atom is -0.268 e. The molecule has 6 bridgehead atoms. The molecular formula is C43H42F2N6OS2. The van der Waals surface area contributed by atoms with Gasteiger partial charge in [-0.15, -0.1) is 0 Å². The first kappa shape index (κ1) is 36.1. The van der Waals surface area contributed by atoms with Crippen LogP contribution in [0.3, 0.4) is 0 Å². The van der Waals surface area contributed by atoms with Crippen molar-refractivity contribution in [2.45, 2.75) is 85.4 Å². The number of hydrogen-bond acceptors (Lipinski definition) is 5. The van der Waals surface area contributed by atoms with Crippen molar-refractivity contribution in [3.63, 3.8) is 0 Å². The number of halogens is 2. The molecular weight excluding hydrogens is 719 g/mol. The molecule has 7 nitrogen and oxygen atoms in total. The van der Waals surface area contributed by atoms with E-state index in [1.807, 2.05) is 66.3 Å². The summed E-state index contributed by atoms with van der Waals surface area (Å²) in [6.45, 7) is 8.91. The van der Waals surface area contributed by atoms with Crippen LogP contribution in [0.2, 0.25) is 0 Å². The van der Waals surface area contributed by atoms with E-state index in [-0.39, 0.29) is 17.5 Å². The second kappa shape index (κ2) is 14.1. The molecule has 0 spiro atoms. The van der Waals surface area contributed by atoms with E-state index >= 15 is 8.78 Å². The third-order valence-corrected chi connectivity index (χ3v) is 13.4. The smallest absolute Gasteiger partial charge is 0.161 e. The largest absolute Gasteiger partial charge is 0.268 e. The van der Waals surface area contributed by atoms with E-state index in [1.165, 1.54) is 23.9 Å². The number of aryl methyl sites for hydroxylation is 2. The van der Waals surface area contributed by atoms with Gasteiger partial charge in [-0.1, -0.05) is 86.5 Å². The van der Waals surface area contributed by atoms with Crippen LogP contribution >= 0.6 is 11.8 Å². The van der Waals surface area contributed by atoms with Gasteiger partial charge >= 0.3 is 0 Å². The standard InChI is InChI=1S/C43H42F2N6OS2/c1-28-13-16-32(17-14-28)54(52)51-22-19-33-35-27-50-26-30(25-46-50)42(2,3)20-9-10-21-43(4,29-11-7-6-8-12-29)41-47-40(49(5)48-41)34-23-31(15-18-36(34)44)53-39(35)37(45)24-38(33)51/h6-8,11-19,22-26H,9-10,20-21,27H2,1-5H3. The van der Waals surface area contributed by atoms with Crippen LogP contribution in [0.15, 0.2) is 118 Å². The van der Waals surface area contributed by atoms with Gasteiger partial charge in [0, 0.05) is 35.8 Å². The van der Waals surface area contributed by atoms with E-state index in [1.54, 1.807) is 34.0 Å². The molecule has 1 aliphatic heterocycles. The Bertz CT molecular complexity index is 2520. The maximum absolute atomic E-state index is 16.6. The first-order chi connectivity index (χ1) is 25.9. The predicted octanol–water partition coefficient (Wildman–Crippen LogP) is 10.1. The van der Waals surface area contributed by atoms with Crippen LogP contribution in [0, 0.1) is 18.6 Å². The number of hydrogen-bond donors (Lipinski definition) is 0. The summed E-state index contributed by atoms with van der Waals surface area (Å²) in [4.78, 5) is 6.68. The molecule has 0 radical (unpaired) electrons. The lowest BCUT2D eigenvalue weighted by Crippen LogP contribution is -2.26. The Morgan fingerprint density at radius 2 is 1.63 bits per heavy atom. The van der Waals surface area contributed by atoms with Gasteiger partial charge in [-0.05, 0) is 85.2 Å². The zero-order valence-corrected chi connectivity index (χ0v) is 32.6. The zero-order valence-electron chi connectivity index (χ0n) is 31.0. The highest BCUT2D eigenvalue weighted by molar-refractivity contribution is 7.99. The quantitative estimate of drug-likeness (QED) is 0.179. The molecule has 0 saturated heterocycles. The molecule has 0 aliphatic carbocycles. The third kappa shape index (κ3) is 6.62. The van der Waals surface area contributed by atoms with Crippen LogP contribution in [0.4, 0.5) is 8.78 Å². The lowest BCUT2D eigenvalue weighted by Gasteiger charge is -2.29. The fraction of sp³-hybridized carbons (Fsp3) is 0.279. The second-order valence-electron chi connectivity index (χ2n) is 15.1. The topological polar surface area (TPSA) is 70.5 Å². The Morgan fingerprint density at radius 3 is 2.41 bits per heavy atom.